The lowest BCUT2D eigenvalue weighted by molar-refractivity contribution is 0.152. The van der Waals surface area contributed by atoms with Crippen LogP contribution < -0.4 is 5.32 Å². The van der Waals surface area contributed by atoms with E-state index >= 15 is 0 Å². The Morgan fingerprint density at radius 1 is 1.07 bits per heavy atom. The minimum absolute atomic E-state index is 0.291. The van der Waals surface area contributed by atoms with Gasteiger partial charge in [0.05, 0.1) is 6.61 Å². The van der Waals surface area contributed by atoms with Crippen molar-refractivity contribution in [2.45, 2.75) is 52.4 Å². The minimum Gasteiger partial charge on any atom is -0.450 e. The Bertz CT molecular complexity index is 137. The Kier molecular flexibility index (Phi) is 9.81. The van der Waals surface area contributed by atoms with Crippen LogP contribution in [0, 0.1) is 0 Å². The largest absolute Gasteiger partial charge is 0.450 e. The molecule has 0 saturated heterocycles. The molecule has 0 aliphatic rings. The van der Waals surface area contributed by atoms with Crippen LogP contribution in [0.5, 0.6) is 0 Å². The zero-order valence-electron chi connectivity index (χ0n) is 9.47. The normalized spacial score (nSPS) is 9.86. The summed E-state index contributed by atoms with van der Waals surface area (Å²) in [5.41, 5.74) is 0. The maximum atomic E-state index is 10.8. The van der Waals surface area contributed by atoms with Crippen molar-refractivity contribution in [3.8, 4) is 0 Å². The van der Waals surface area contributed by atoms with E-state index in [9.17, 15) is 4.79 Å². The van der Waals surface area contributed by atoms with E-state index in [0.29, 0.717) is 6.61 Å². The lowest BCUT2D eigenvalue weighted by Gasteiger charge is -2.04. The molecule has 0 aromatic carbocycles. The van der Waals surface area contributed by atoms with Crippen molar-refractivity contribution in [1.82, 2.24) is 5.32 Å². The Morgan fingerprint density at radius 2 is 1.71 bits per heavy atom. The molecule has 0 radical (unpaired) electrons. The molecule has 0 unspecified atom stereocenters. The molecule has 3 heteroatoms. The van der Waals surface area contributed by atoms with Gasteiger partial charge >= 0.3 is 6.09 Å². The highest BCUT2D eigenvalue weighted by Gasteiger charge is 1.97. The summed E-state index contributed by atoms with van der Waals surface area (Å²) in [6.07, 6.45) is 7.16. The lowest BCUT2D eigenvalue weighted by Crippen LogP contribution is -2.25. The molecule has 3 nitrogen and oxygen atoms in total. The van der Waals surface area contributed by atoms with Crippen LogP contribution in [0.15, 0.2) is 0 Å². The van der Waals surface area contributed by atoms with Crippen LogP contribution in [0.1, 0.15) is 52.4 Å². The van der Waals surface area contributed by atoms with Crippen LogP contribution in [0.3, 0.4) is 0 Å². The predicted octanol–water partition coefficient (Wildman–Crippen LogP) is 3.09. The summed E-state index contributed by atoms with van der Waals surface area (Å²) >= 11 is 0. The number of rotatable bonds is 8. The SMILES string of the molecule is CCCCCCCCNC(=O)OCC. The monoisotopic (exact) mass is 201 g/mol. The molecule has 84 valence electrons. The maximum absolute atomic E-state index is 10.8. The number of ether oxygens (including phenoxy) is 1. The molecule has 1 amide bonds. The first-order valence-corrected chi connectivity index (χ1v) is 5.71. The maximum Gasteiger partial charge on any atom is 0.407 e. The number of nitrogens with one attached hydrogen (secondary N) is 1. The molecule has 0 aliphatic carbocycles. The highest BCUT2D eigenvalue weighted by Crippen LogP contribution is 2.03. The molecular formula is C11H23NO2. The number of unbranched alkanes of at least 4 members (excludes halogenated alkanes) is 5. The Labute approximate surface area is 87.2 Å². The number of hydrogen-bond acceptors (Lipinski definition) is 2. The van der Waals surface area contributed by atoms with Crippen molar-refractivity contribution >= 4 is 6.09 Å². The van der Waals surface area contributed by atoms with Gasteiger partial charge < -0.3 is 10.1 Å². The highest BCUT2D eigenvalue weighted by molar-refractivity contribution is 5.66. The third-order valence-corrected chi connectivity index (χ3v) is 2.08. The summed E-state index contributed by atoms with van der Waals surface area (Å²) in [5, 5.41) is 2.71. The van der Waals surface area contributed by atoms with E-state index in [1.165, 1.54) is 32.1 Å². The van der Waals surface area contributed by atoms with E-state index in [4.69, 9.17) is 4.74 Å². The summed E-state index contributed by atoms with van der Waals surface area (Å²) in [5.74, 6) is 0. The number of amides is 1. The number of carbonyl (C=O) groups excluding carboxylic acids is 1. The molecule has 0 saturated carbocycles. The van der Waals surface area contributed by atoms with E-state index in [0.717, 1.165) is 13.0 Å². The molecule has 0 bridgehead atoms. The van der Waals surface area contributed by atoms with Crippen LogP contribution >= 0.6 is 0 Å². The Hall–Kier alpha value is -0.730. The van der Waals surface area contributed by atoms with Gasteiger partial charge in [-0.2, -0.15) is 0 Å². The highest BCUT2D eigenvalue weighted by atomic mass is 16.5. The van der Waals surface area contributed by atoms with E-state index in [-0.39, 0.29) is 6.09 Å². The molecule has 0 rings (SSSR count). The zero-order valence-corrected chi connectivity index (χ0v) is 9.47. The fourth-order valence-electron chi connectivity index (χ4n) is 1.28. The molecule has 0 heterocycles. The molecule has 1 N–H and O–H groups in total. The van der Waals surface area contributed by atoms with Crippen molar-refractivity contribution in [2.24, 2.45) is 0 Å². The topological polar surface area (TPSA) is 38.3 Å². The van der Waals surface area contributed by atoms with Gasteiger partial charge in [0.15, 0.2) is 0 Å². The molecule has 0 aliphatic heterocycles. The van der Waals surface area contributed by atoms with Crippen LogP contribution in [-0.4, -0.2) is 19.2 Å². The van der Waals surface area contributed by atoms with Crippen molar-refractivity contribution in [1.29, 1.82) is 0 Å². The van der Waals surface area contributed by atoms with Gasteiger partial charge in [-0.3, -0.25) is 0 Å². The molecule has 14 heavy (non-hydrogen) atoms. The van der Waals surface area contributed by atoms with Gasteiger partial charge in [-0.05, 0) is 13.3 Å². The summed E-state index contributed by atoms with van der Waals surface area (Å²) < 4.78 is 4.74. The second-order valence-electron chi connectivity index (χ2n) is 3.42. The first kappa shape index (κ1) is 13.3. The lowest BCUT2D eigenvalue weighted by atomic mass is 10.1. The smallest absolute Gasteiger partial charge is 0.407 e. The molecular weight excluding hydrogens is 178 g/mol. The average molecular weight is 201 g/mol. The molecule has 0 aromatic rings. The standard InChI is InChI=1S/C11H23NO2/c1-3-5-6-7-8-9-10-12-11(13)14-4-2/h3-10H2,1-2H3,(H,12,13). The van der Waals surface area contributed by atoms with Crippen molar-refractivity contribution in [3.63, 3.8) is 0 Å². The van der Waals surface area contributed by atoms with Crippen LogP contribution in [0.4, 0.5) is 4.79 Å². The van der Waals surface area contributed by atoms with Gasteiger partial charge in [-0.15, -0.1) is 0 Å². The number of hydrogen-bond donors (Lipinski definition) is 1. The average Bonchev–Trinajstić information content (AvgIpc) is 2.17. The van der Waals surface area contributed by atoms with E-state index in [2.05, 4.69) is 12.2 Å². The molecule has 0 spiro atoms. The van der Waals surface area contributed by atoms with Gasteiger partial charge in [0, 0.05) is 6.54 Å². The van der Waals surface area contributed by atoms with Crippen LogP contribution in [0.25, 0.3) is 0 Å². The predicted molar refractivity (Wildman–Crippen MR) is 58.4 cm³/mol. The fraction of sp³-hybridized carbons (Fsp3) is 0.909. The first-order valence-electron chi connectivity index (χ1n) is 5.71. The fourth-order valence-corrected chi connectivity index (χ4v) is 1.28. The number of alkyl carbamates (subject to hydrolysis) is 1. The number of carbonyl (C=O) groups is 1. The minimum atomic E-state index is -0.291. The molecule has 0 aromatic heterocycles. The summed E-state index contributed by atoms with van der Waals surface area (Å²) in [6.45, 7) is 5.21. The molecule has 0 fully saturated rings. The summed E-state index contributed by atoms with van der Waals surface area (Å²) in [4.78, 5) is 10.8. The third-order valence-electron chi connectivity index (χ3n) is 2.08. The molecule has 0 atom stereocenters. The Morgan fingerprint density at radius 3 is 2.36 bits per heavy atom. The first-order chi connectivity index (χ1) is 6.81. The summed E-state index contributed by atoms with van der Waals surface area (Å²) in [7, 11) is 0. The van der Waals surface area contributed by atoms with Crippen LogP contribution in [0.2, 0.25) is 0 Å². The van der Waals surface area contributed by atoms with Gasteiger partial charge in [0.1, 0.15) is 0 Å². The Balaban J connectivity index is 3.01. The van der Waals surface area contributed by atoms with Crippen molar-refractivity contribution in [3.05, 3.63) is 0 Å². The quantitative estimate of drug-likeness (QED) is 0.613. The van der Waals surface area contributed by atoms with Gasteiger partial charge in [-0.1, -0.05) is 39.0 Å². The van der Waals surface area contributed by atoms with Gasteiger partial charge in [0.25, 0.3) is 0 Å². The van der Waals surface area contributed by atoms with Crippen molar-refractivity contribution in [2.75, 3.05) is 13.2 Å². The van der Waals surface area contributed by atoms with E-state index < -0.39 is 0 Å². The van der Waals surface area contributed by atoms with Gasteiger partial charge in [-0.25, -0.2) is 4.79 Å². The third kappa shape index (κ3) is 9.36. The van der Waals surface area contributed by atoms with E-state index in [1.54, 1.807) is 0 Å². The zero-order chi connectivity index (χ0) is 10.6. The van der Waals surface area contributed by atoms with Crippen LogP contribution in [-0.2, 0) is 4.74 Å². The summed E-state index contributed by atoms with van der Waals surface area (Å²) in [6, 6.07) is 0. The van der Waals surface area contributed by atoms with Crippen molar-refractivity contribution < 1.29 is 9.53 Å². The second kappa shape index (κ2) is 10.4. The second-order valence-corrected chi connectivity index (χ2v) is 3.42. The van der Waals surface area contributed by atoms with E-state index in [1.807, 2.05) is 6.92 Å². The van der Waals surface area contributed by atoms with Gasteiger partial charge in [0.2, 0.25) is 0 Å².